The number of benzene rings is 1. The molecule has 0 spiro atoms. The summed E-state index contributed by atoms with van der Waals surface area (Å²) in [5.74, 6) is 0.563. The van der Waals surface area contributed by atoms with E-state index in [9.17, 15) is 9.59 Å². The molecule has 8 heteroatoms. The van der Waals surface area contributed by atoms with Crippen LogP contribution in [0, 0.1) is 0 Å². The molecule has 1 aliphatic carbocycles. The van der Waals surface area contributed by atoms with Crippen LogP contribution in [0.15, 0.2) is 28.6 Å². The molecule has 2 aromatic rings. The predicted molar refractivity (Wildman–Crippen MR) is 112 cm³/mol. The minimum atomic E-state index is -0.171. The molecular weight excluding hydrogens is 392 g/mol. The Morgan fingerprint density at radius 3 is 2.46 bits per heavy atom. The van der Waals surface area contributed by atoms with Crippen LogP contribution in [-0.4, -0.2) is 45.3 Å². The van der Waals surface area contributed by atoms with Crippen molar-refractivity contribution in [2.45, 2.75) is 55.3 Å². The lowest BCUT2D eigenvalue weighted by atomic mass is 9.96. The second-order valence-electron chi connectivity index (χ2n) is 7.22. The highest BCUT2D eigenvalue weighted by Crippen LogP contribution is 2.29. The first-order valence-corrected chi connectivity index (χ1v) is 11.7. The van der Waals surface area contributed by atoms with Gasteiger partial charge in [0.25, 0.3) is 11.8 Å². The number of imide groups is 1. The zero-order valence-electron chi connectivity index (χ0n) is 15.7. The summed E-state index contributed by atoms with van der Waals surface area (Å²) in [7, 11) is 0. The number of carbonyl (C=O) groups excluding carboxylic acids is 2. The van der Waals surface area contributed by atoms with Gasteiger partial charge in [-0.25, -0.2) is 0 Å². The number of aromatic nitrogens is 2. The molecule has 0 bridgehead atoms. The number of nitrogens with one attached hydrogen (secondary N) is 1. The summed E-state index contributed by atoms with van der Waals surface area (Å²) in [5, 5.41) is 12.9. The molecule has 1 aromatic heterocycles. The van der Waals surface area contributed by atoms with Crippen LogP contribution in [0.5, 0.6) is 0 Å². The standard InChI is InChI=1S/C20H24N4O2S2/c25-17-15-10-4-5-11-16(15)18(26)24(17)12-6-7-13-27-20-23-22-19(28-20)21-14-8-2-1-3-9-14/h4-5,10-11,14H,1-3,6-9,12-13H2,(H,21,22). The highest BCUT2D eigenvalue weighted by molar-refractivity contribution is 8.01. The summed E-state index contributed by atoms with van der Waals surface area (Å²) in [6.07, 6.45) is 8.10. The molecule has 2 amide bonds. The molecule has 1 saturated carbocycles. The lowest BCUT2D eigenvalue weighted by molar-refractivity contribution is 0.0652. The van der Waals surface area contributed by atoms with E-state index >= 15 is 0 Å². The first-order chi connectivity index (χ1) is 13.7. The van der Waals surface area contributed by atoms with Gasteiger partial charge in [-0.05, 0) is 37.8 Å². The Bertz CT molecular complexity index is 813. The lowest BCUT2D eigenvalue weighted by Crippen LogP contribution is -2.30. The normalized spacial score (nSPS) is 17.2. The Balaban J connectivity index is 1.18. The topological polar surface area (TPSA) is 75.2 Å². The van der Waals surface area contributed by atoms with Crippen molar-refractivity contribution in [2.24, 2.45) is 0 Å². The van der Waals surface area contributed by atoms with Gasteiger partial charge in [0.2, 0.25) is 5.13 Å². The first kappa shape index (κ1) is 19.4. The van der Waals surface area contributed by atoms with Gasteiger partial charge in [0.05, 0.1) is 11.1 Å². The van der Waals surface area contributed by atoms with Crippen molar-refractivity contribution in [3.05, 3.63) is 35.4 Å². The Kier molecular flexibility index (Phi) is 6.26. The van der Waals surface area contributed by atoms with Crippen molar-refractivity contribution in [1.29, 1.82) is 0 Å². The molecule has 1 fully saturated rings. The Hall–Kier alpha value is -1.93. The van der Waals surface area contributed by atoms with E-state index in [1.807, 2.05) is 0 Å². The minimum Gasteiger partial charge on any atom is -0.357 e. The van der Waals surface area contributed by atoms with E-state index in [0.29, 0.717) is 23.7 Å². The molecule has 1 aromatic carbocycles. The second-order valence-corrected chi connectivity index (χ2v) is 9.54. The van der Waals surface area contributed by atoms with E-state index in [1.165, 1.54) is 37.0 Å². The number of rotatable bonds is 8. The van der Waals surface area contributed by atoms with Crippen molar-refractivity contribution in [1.82, 2.24) is 15.1 Å². The molecule has 28 heavy (non-hydrogen) atoms. The molecule has 1 aliphatic heterocycles. The zero-order valence-corrected chi connectivity index (χ0v) is 17.4. The van der Waals surface area contributed by atoms with Crippen molar-refractivity contribution in [2.75, 3.05) is 17.6 Å². The number of hydrogen-bond acceptors (Lipinski definition) is 7. The number of hydrogen-bond donors (Lipinski definition) is 1. The van der Waals surface area contributed by atoms with E-state index in [1.54, 1.807) is 47.4 Å². The number of amides is 2. The average molecular weight is 417 g/mol. The van der Waals surface area contributed by atoms with Crippen LogP contribution < -0.4 is 5.32 Å². The summed E-state index contributed by atoms with van der Waals surface area (Å²) in [4.78, 5) is 26.0. The lowest BCUT2D eigenvalue weighted by Gasteiger charge is -2.21. The van der Waals surface area contributed by atoms with Crippen LogP contribution in [0.3, 0.4) is 0 Å². The molecular formula is C20H24N4O2S2. The van der Waals surface area contributed by atoms with Crippen LogP contribution in [0.25, 0.3) is 0 Å². The van der Waals surface area contributed by atoms with Crippen LogP contribution in [-0.2, 0) is 0 Å². The van der Waals surface area contributed by atoms with Gasteiger partial charge < -0.3 is 5.32 Å². The molecule has 148 valence electrons. The molecule has 2 heterocycles. The molecule has 2 aliphatic rings. The van der Waals surface area contributed by atoms with Crippen molar-refractivity contribution < 1.29 is 9.59 Å². The van der Waals surface area contributed by atoms with Crippen LogP contribution >= 0.6 is 23.1 Å². The monoisotopic (exact) mass is 416 g/mol. The van der Waals surface area contributed by atoms with Gasteiger partial charge in [0.15, 0.2) is 4.34 Å². The maximum Gasteiger partial charge on any atom is 0.261 e. The Morgan fingerprint density at radius 1 is 1.04 bits per heavy atom. The SMILES string of the molecule is O=C1c2ccccc2C(=O)N1CCCCSc1nnc(NC2CCCCC2)s1. The molecule has 4 rings (SSSR count). The highest BCUT2D eigenvalue weighted by Gasteiger charge is 2.34. The van der Waals surface area contributed by atoms with E-state index in [2.05, 4.69) is 15.5 Å². The summed E-state index contributed by atoms with van der Waals surface area (Å²) < 4.78 is 0.971. The predicted octanol–water partition coefficient (Wildman–Crippen LogP) is 4.45. The van der Waals surface area contributed by atoms with Gasteiger partial charge in [0, 0.05) is 18.3 Å². The molecule has 0 radical (unpaired) electrons. The van der Waals surface area contributed by atoms with Gasteiger partial charge >= 0.3 is 0 Å². The smallest absolute Gasteiger partial charge is 0.261 e. The average Bonchev–Trinajstić information content (AvgIpc) is 3.26. The number of anilines is 1. The summed E-state index contributed by atoms with van der Waals surface area (Å²) >= 11 is 3.30. The number of carbonyl (C=O) groups is 2. The third-order valence-corrected chi connectivity index (χ3v) is 7.29. The first-order valence-electron chi connectivity index (χ1n) is 9.90. The molecule has 6 nitrogen and oxygen atoms in total. The number of nitrogens with zero attached hydrogens (tertiary/aromatic N) is 3. The van der Waals surface area contributed by atoms with Gasteiger partial charge in [-0.15, -0.1) is 10.2 Å². The van der Waals surface area contributed by atoms with Crippen molar-refractivity contribution in [3.8, 4) is 0 Å². The maximum absolute atomic E-state index is 12.3. The second kappa shape index (κ2) is 9.05. The summed E-state index contributed by atoms with van der Waals surface area (Å²) in [6.45, 7) is 0.470. The van der Waals surface area contributed by atoms with E-state index < -0.39 is 0 Å². The van der Waals surface area contributed by atoms with Crippen LogP contribution in [0.4, 0.5) is 5.13 Å². The minimum absolute atomic E-state index is 0.171. The molecule has 1 N–H and O–H groups in total. The third-order valence-electron chi connectivity index (χ3n) is 5.22. The van der Waals surface area contributed by atoms with Gasteiger partial charge in [0.1, 0.15) is 0 Å². The van der Waals surface area contributed by atoms with Crippen LogP contribution in [0.1, 0.15) is 65.7 Å². The highest BCUT2D eigenvalue weighted by atomic mass is 32.2. The van der Waals surface area contributed by atoms with Gasteiger partial charge in [-0.2, -0.15) is 0 Å². The van der Waals surface area contributed by atoms with E-state index in [4.69, 9.17) is 0 Å². The maximum atomic E-state index is 12.3. The molecule has 0 atom stereocenters. The van der Waals surface area contributed by atoms with Crippen molar-refractivity contribution >= 4 is 40.0 Å². The van der Waals surface area contributed by atoms with Crippen molar-refractivity contribution in [3.63, 3.8) is 0 Å². The number of unbranched alkanes of at least 4 members (excludes halogenated alkanes) is 1. The number of fused-ring (bicyclic) bond motifs is 1. The van der Waals surface area contributed by atoms with Gasteiger partial charge in [-0.1, -0.05) is 54.5 Å². The molecule has 0 saturated heterocycles. The summed E-state index contributed by atoms with van der Waals surface area (Å²) in [5.41, 5.74) is 1.04. The molecule has 0 unspecified atom stereocenters. The number of thioether (sulfide) groups is 1. The fraction of sp³-hybridized carbons (Fsp3) is 0.500. The third kappa shape index (κ3) is 4.38. The van der Waals surface area contributed by atoms with Gasteiger partial charge in [-0.3, -0.25) is 14.5 Å². The van der Waals surface area contributed by atoms with Crippen LogP contribution in [0.2, 0.25) is 0 Å². The fourth-order valence-corrected chi connectivity index (χ4v) is 5.62. The fourth-order valence-electron chi connectivity index (χ4n) is 3.72. The quantitative estimate of drug-likeness (QED) is 0.389. The summed E-state index contributed by atoms with van der Waals surface area (Å²) in [6, 6.07) is 7.58. The zero-order chi connectivity index (χ0) is 19.3. The Morgan fingerprint density at radius 2 is 1.75 bits per heavy atom. The Labute approximate surface area is 173 Å². The largest absolute Gasteiger partial charge is 0.357 e. The van der Waals surface area contributed by atoms with E-state index in [0.717, 1.165) is 28.1 Å². The van der Waals surface area contributed by atoms with E-state index in [-0.39, 0.29) is 11.8 Å².